The van der Waals surface area contributed by atoms with Gasteiger partial charge in [0.25, 0.3) is 0 Å². The van der Waals surface area contributed by atoms with Crippen molar-refractivity contribution in [1.29, 1.82) is 0 Å². The number of halogens is 1. The van der Waals surface area contributed by atoms with E-state index in [1.807, 2.05) is 5.43 Å². The average molecular weight is 246 g/mol. The molecule has 0 heterocycles. The summed E-state index contributed by atoms with van der Waals surface area (Å²) in [5.74, 6) is 3.88. The van der Waals surface area contributed by atoms with E-state index in [4.69, 9.17) is 10.9 Å². The Labute approximate surface area is 98.2 Å². The minimum Gasteiger partial charge on any atom is -0.478 e. The van der Waals surface area contributed by atoms with Gasteiger partial charge in [-0.2, -0.15) is 0 Å². The standard InChI is InChI=1S/C9H11N3O3.ClH/c10-12-9(15)11-5-6-1-3-7(4-2-6)8(13)14;/h1-4H,5,10H2,(H,13,14)(H2,11,12,15);1H. The Hall–Kier alpha value is -1.79. The lowest BCUT2D eigenvalue weighted by molar-refractivity contribution is 0.0697. The normalized spacial score (nSPS) is 8.81. The van der Waals surface area contributed by atoms with Gasteiger partial charge < -0.3 is 10.4 Å². The number of carboxylic acid groups (broad SMARTS) is 1. The van der Waals surface area contributed by atoms with Gasteiger partial charge in [-0.3, -0.25) is 5.43 Å². The van der Waals surface area contributed by atoms with Crippen LogP contribution in [0.25, 0.3) is 0 Å². The highest BCUT2D eigenvalue weighted by molar-refractivity contribution is 5.87. The third-order valence-electron chi connectivity index (χ3n) is 1.79. The third kappa shape index (κ3) is 4.16. The van der Waals surface area contributed by atoms with Crippen molar-refractivity contribution < 1.29 is 14.7 Å². The second kappa shape index (κ2) is 6.65. The quantitative estimate of drug-likeness (QED) is 0.353. The van der Waals surface area contributed by atoms with E-state index in [0.29, 0.717) is 6.54 Å². The van der Waals surface area contributed by atoms with Gasteiger partial charge in [0.15, 0.2) is 0 Å². The van der Waals surface area contributed by atoms with Crippen molar-refractivity contribution in [3.05, 3.63) is 35.4 Å². The molecule has 1 rings (SSSR count). The fourth-order valence-electron chi connectivity index (χ4n) is 0.999. The van der Waals surface area contributed by atoms with Crippen LogP contribution in [-0.2, 0) is 6.54 Å². The van der Waals surface area contributed by atoms with Crippen molar-refractivity contribution in [2.45, 2.75) is 6.54 Å². The lowest BCUT2D eigenvalue weighted by Gasteiger charge is -2.04. The van der Waals surface area contributed by atoms with Crippen LogP contribution in [0, 0.1) is 0 Å². The minimum atomic E-state index is -0.978. The van der Waals surface area contributed by atoms with Crippen molar-refractivity contribution in [3.8, 4) is 0 Å². The second-order valence-corrected chi connectivity index (χ2v) is 2.83. The van der Waals surface area contributed by atoms with Crippen LogP contribution in [0.2, 0.25) is 0 Å². The van der Waals surface area contributed by atoms with E-state index in [-0.39, 0.29) is 18.0 Å². The topological polar surface area (TPSA) is 104 Å². The highest BCUT2D eigenvalue weighted by Gasteiger charge is 2.02. The van der Waals surface area contributed by atoms with Gasteiger partial charge in [0, 0.05) is 6.54 Å². The number of rotatable bonds is 3. The van der Waals surface area contributed by atoms with Crippen molar-refractivity contribution in [2.75, 3.05) is 0 Å². The predicted octanol–water partition coefficient (Wildman–Crippen LogP) is 0.479. The number of urea groups is 1. The maximum Gasteiger partial charge on any atom is 0.335 e. The predicted molar refractivity (Wildman–Crippen MR) is 60.2 cm³/mol. The molecular weight excluding hydrogens is 234 g/mol. The molecule has 16 heavy (non-hydrogen) atoms. The van der Waals surface area contributed by atoms with Crippen LogP contribution in [0.3, 0.4) is 0 Å². The number of hydrazine groups is 1. The average Bonchev–Trinajstić information content (AvgIpc) is 2.26. The molecule has 0 saturated heterocycles. The van der Waals surface area contributed by atoms with E-state index in [0.717, 1.165) is 5.56 Å². The Morgan fingerprint density at radius 1 is 1.25 bits per heavy atom. The number of hydrogen-bond donors (Lipinski definition) is 4. The summed E-state index contributed by atoms with van der Waals surface area (Å²) in [6.07, 6.45) is 0. The van der Waals surface area contributed by atoms with Gasteiger partial charge in [-0.25, -0.2) is 15.4 Å². The number of nitrogens with one attached hydrogen (secondary N) is 2. The number of nitrogens with two attached hydrogens (primary N) is 1. The molecule has 88 valence electrons. The molecule has 0 fully saturated rings. The van der Waals surface area contributed by atoms with Crippen LogP contribution in [0.4, 0.5) is 4.79 Å². The van der Waals surface area contributed by atoms with Gasteiger partial charge in [-0.1, -0.05) is 12.1 Å². The fourth-order valence-corrected chi connectivity index (χ4v) is 0.999. The summed E-state index contributed by atoms with van der Waals surface area (Å²) in [6, 6.07) is 5.71. The van der Waals surface area contributed by atoms with E-state index in [2.05, 4.69) is 5.32 Å². The Morgan fingerprint density at radius 3 is 2.25 bits per heavy atom. The number of carbonyl (C=O) groups excluding carboxylic acids is 1. The molecule has 0 radical (unpaired) electrons. The number of amides is 2. The molecule has 0 aliphatic heterocycles. The van der Waals surface area contributed by atoms with Gasteiger partial charge in [-0.15, -0.1) is 12.4 Å². The zero-order valence-electron chi connectivity index (χ0n) is 8.27. The lowest BCUT2D eigenvalue weighted by Crippen LogP contribution is -2.39. The first-order valence-corrected chi connectivity index (χ1v) is 4.20. The van der Waals surface area contributed by atoms with Crippen LogP contribution in [0.15, 0.2) is 24.3 Å². The van der Waals surface area contributed by atoms with E-state index >= 15 is 0 Å². The summed E-state index contributed by atoms with van der Waals surface area (Å²) in [5, 5.41) is 11.1. The zero-order chi connectivity index (χ0) is 11.3. The van der Waals surface area contributed by atoms with Crippen molar-refractivity contribution >= 4 is 24.4 Å². The first-order valence-electron chi connectivity index (χ1n) is 4.20. The largest absolute Gasteiger partial charge is 0.478 e. The number of benzene rings is 1. The Bertz CT molecular complexity index is 367. The van der Waals surface area contributed by atoms with E-state index in [1.54, 1.807) is 12.1 Å². The highest BCUT2D eigenvalue weighted by Crippen LogP contribution is 2.03. The Morgan fingerprint density at radius 2 is 1.81 bits per heavy atom. The molecule has 1 aromatic carbocycles. The van der Waals surface area contributed by atoms with Crippen LogP contribution >= 0.6 is 12.4 Å². The molecule has 0 unspecified atom stereocenters. The summed E-state index contributed by atoms with van der Waals surface area (Å²) in [7, 11) is 0. The van der Waals surface area contributed by atoms with Crippen LogP contribution in [-0.4, -0.2) is 17.1 Å². The molecule has 0 saturated carbocycles. The van der Waals surface area contributed by atoms with Gasteiger partial charge in [0.1, 0.15) is 0 Å². The maximum atomic E-state index is 10.7. The minimum absolute atomic E-state index is 0. The van der Waals surface area contributed by atoms with E-state index in [1.165, 1.54) is 12.1 Å². The molecule has 0 bridgehead atoms. The SMILES string of the molecule is Cl.NNC(=O)NCc1ccc(C(=O)O)cc1. The lowest BCUT2D eigenvalue weighted by atomic mass is 10.1. The molecule has 0 spiro atoms. The van der Waals surface area contributed by atoms with Gasteiger partial charge in [0.2, 0.25) is 0 Å². The van der Waals surface area contributed by atoms with Gasteiger partial charge in [-0.05, 0) is 17.7 Å². The number of hydrogen-bond acceptors (Lipinski definition) is 3. The first-order chi connectivity index (χ1) is 7.13. The van der Waals surface area contributed by atoms with Crippen molar-refractivity contribution in [1.82, 2.24) is 10.7 Å². The Balaban J connectivity index is 0.00000225. The van der Waals surface area contributed by atoms with Crippen LogP contribution in [0.5, 0.6) is 0 Å². The monoisotopic (exact) mass is 245 g/mol. The van der Waals surface area contributed by atoms with Gasteiger partial charge >= 0.3 is 12.0 Å². The fraction of sp³-hybridized carbons (Fsp3) is 0.111. The molecule has 2 amide bonds. The molecule has 0 aliphatic carbocycles. The molecule has 0 aromatic heterocycles. The van der Waals surface area contributed by atoms with E-state index < -0.39 is 12.0 Å². The molecule has 0 aliphatic rings. The van der Waals surface area contributed by atoms with Crippen LogP contribution < -0.4 is 16.6 Å². The van der Waals surface area contributed by atoms with Crippen molar-refractivity contribution in [2.24, 2.45) is 5.84 Å². The summed E-state index contributed by atoms with van der Waals surface area (Å²) >= 11 is 0. The summed E-state index contributed by atoms with van der Waals surface area (Å²) < 4.78 is 0. The molecule has 7 heteroatoms. The molecule has 0 atom stereocenters. The molecule has 6 nitrogen and oxygen atoms in total. The smallest absolute Gasteiger partial charge is 0.335 e. The van der Waals surface area contributed by atoms with E-state index in [9.17, 15) is 9.59 Å². The summed E-state index contributed by atoms with van der Waals surface area (Å²) in [5.41, 5.74) is 2.93. The number of carboxylic acids is 1. The zero-order valence-corrected chi connectivity index (χ0v) is 9.08. The molecule has 5 N–H and O–H groups in total. The highest BCUT2D eigenvalue weighted by atomic mass is 35.5. The maximum absolute atomic E-state index is 10.7. The Kier molecular flexibility index (Phi) is 5.91. The second-order valence-electron chi connectivity index (χ2n) is 2.83. The van der Waals surface area contributed by atoms with Crippen LogP contribution in [0.1, 0.15) is 15.9 Å². The molecular formula is C9H12ClN3O3. The number of carbonyl (C=O) groups is 2. The molecule has 1 aromatic rings. The van der Waals surface area contributed by atoms with Crippen molar-refractivity contribution in [3.63, 3.8) is 0 Å². The summed E-state index contributed by atoms with van der Waals surface area (Å²) in [6.45, 7) is 0.295. The number of aromatic carboxylic acids is 1. The van der Waals surface area contributed by atoms with Gasteiger partial charge in [0.05, 0.1) is 5.56 Å². The summed E-state index contributed by atoms with van der Waals surface area (Å²) in [4.78, 5) is 21.2. The first kappa shape index (κ1) is 14.2. The third-order valence-corrected chi connectivity index (χ3v) is 1.79.